The van der Waals surface area contributed by atoms with Gasteiger partial charge in [0.1, 0.15) is 0 Å². The van der Waals surface area contributed by atoms with Crippen LogP contribution in [0.4, 0.5) is 5.69 Å². The zero-order valence-corrected chi connectivity index (χ0v) is 14.5. The first-order chi connectivity index (χ1) is 11.8. The molecule has 1 amide bonds. The van der Waals surface area contributed by atoms with Gasteiger partial charge in [0.25, 0.3) is 0 Å². The number of carbonyl (C=O) groups excluding carboxylic acids is 1. The molecule has 3 aliphatic rings. The van der Waals surface area contributed by atoms with Crippen molar-refractivity contribution in [2.24, 2.45) is 0 Å². The van der Waals surface area contributed by atoms with Crippen LogP contribution in [0.1, 0.15) is 36.3 Å². The molecular weight excluding hydrogens is 302 g/mol. The van der Waals surface area contributed by atoms with Gasteiger partial charge in [-0.3, -0.25) is 4.79 Å². The summed E-state index contributed by atoms with van der Waals surface area (Å²) >= 11 is 0. The van der Waals surface area contributed by atoms with E-state index in [0.717, 1.165) is 45.6 Å². The molecule has 4 rings (SSSR count). The zero-order valence-electron chi connectivity index (χ0n) is 14.5. The first-order valence-electron chi connectivity index (χ1n) is 9.15. The quantitative estimate of drug-likeness (QED) is 0.855. The number of anilines is 1. The largest absolute Gasteiger partial charge is 0.385 e. The molecule has 1 aromatic carbocycles. The van der Waals surface area contributed by atoms with Gasteiger partial charge < -0.3 is 19.9 Å². The van der Waals surface area contributed by atoms with E-state index in [9.17, 15) is 4.79 Å². The summed E-state index contributed by atoms with van der Waals surface area (Å²) in [7, 11) is 1.69. The van der Waals surface area contributed by atoms with E-state index in [0.29, 0.717) is 25.0 Å². The van der Waals surface area contributed by atoms with E-state index in [1.54, 1.807) is 7.11 Å². The molecule has 24 heavy (non-hydrogen) atoms. The second kappa shape index (κ2) is 6.73. The Morgan fingerprint density at radius 2 is 2.29 bits per heavy atom. The van der Waals surface area contributed by atoms with Crippen LogP contribution in [-0.4, -0.2) is 56.7 Å². The summed E-state index contributed by atoms with van der Waals surface area (Å²) in [5.74, 6) is 0.758. The molecule has 1 saturated heterocycles. The number of hydrogen-bond acceptors (Lipinski definition) is 4. The zero-order chi connectivity index (χ0) is 16.5. The minimum atomic E-state index is 0.287. The number of methoxy groups -OCH3 is 1. The van der Waals surface area contributed by atoms with Crippen LogP contribution in [0, 0.1) is 0 Å². The molecule has 5 heteroatoms. The minimum absolute atomic E-state index is 0.287. The number of rotatable bonds is 4. The summed E-state index contributed by atoms with van der Waals surface area (Å²) < 4.78 is 5.07. The Hall–Kier alpha value is -1.59. The molecule has 0 bridgehead atoms. The number of nitrogens with one attached hydrogen (secondary N) is 1. The number of amides is 1. The Labute approximate surface area is 144 Å². The molecule has 0 spiro atoms. The first-order valence-corrected chi connectivity index (χ1v) is 9.15. The Balaban J connectivity index is 1.54. The third-order valence-corrected chi connectivity index (χ3v) is 5.75. The second-order valence-electron chi connectivity index (χ2n) is 7.12. The van der Waals surface area contributed by atoms with E-state index < -0.39 is 0 Å². The fraction of sp³-hybridized carbons (Fsp3) is 0.632. The number of ether oxygens (including phenoxy) is 1. The second-order valence-corrected chi connectivity index (χ2v) is 7.12. The SMILES string of the molecule is COCCCC(=O)N1CC[C@@H]2[C@H](C1)c1cccc3c1N2CCNC3. The topological polar surface area (TPSA) is 44.8 Å². The molecule has 0 unspecified atom stereocenters. The normalized spacial score (nSPS) is 25.2. The molecule has 0 aliphatic carbocycles. The first kappa shape index (κ1) is 15.9. The lowest BCUT2D eigenvalue weighted by Gasteiger charge is -2.39. The van der Waals surface area contributed by atoms with Gasteiger partial charge >= 0.3 is 0 Å². The molecule has 5 nitrogen and oxygen atoms in total. The molecule has 3 heterocycles. The van der Waals surface area contributed by atoms with Gasteiger partial charge in [0.15, 0.2) is 0 Å². The van der Waals surface area contributed by atoms with Gasteiger partial charge in [-0.2, -0.15) is 0 Å². The van der Waals surface area contributed by atoms with Crippen LogP contribution >= 0.6 is 0 Å². The Morgan fingerprint density at radius 1 is 1.38 bits per heavy atom. The Kier molecular flexibility index (Phi) is 4.46. The van der Waals surface area contributed by atoms with Crippen molar-refractivity contribution in [3.8, 4) is 0 Å². The Bertz CT molecular complexity index is 619. The van der Waals surface area contributed by atoms with E-state index >= 15 is 0 Å². The highest BCUT2D eigenvalue weighted by molar-refractivity contribution is 5.77. The minimum Gasteiger partial charge on any atom is -0.385 e. The van der Waals surface area contributed by atoms with Crippen molar-refractivity contribution < 1.29 is 9.53 Å². The highest BCUT2D eigenvalue weighted by atomic mass is 16.5. The van der Waals surface area contributed by atoms with Crippen molar-refractivity contribution in [3.05, 3.63) is 29.3 Å². The molecular formula is C19H27N3O2. The summed E-state index contributed by atoms with van der Waals surface area (Å²) in [5.41, 5.74) is 4.32. The molecule has 2 atom stereocenters. The Morgan fingerprint density at radius 3 is 3.17 bits per heavy atom. The average molecular weight is 329 g/mol. The highest BCUT2D eigenvalue weighted by Crippen LogP contribution is 2.46. The summed E-state index contributed by atoms with van der Waals surface area (Å²) in [4.78, 5) is 17.2. The van der Waals surface area contributed by atoms with Crippen molar-refractivity contribution >= 4 is 11.6 Å². The van der Waals surface area contributed by atoms with E-state index in [4.69, 9.17) is 4.74 Å². The number of carbonyl (C=O) groups is 1. The predicted molar refractivity (Wildman–Crippen MR) is 94.3 cm³/mol. The molecule has 1 fully saturated rings. The maximum atomic E-state index is 12.5. The van der Waals surface area contributed by atoms with Gasteiger partial charge in [-0.25, -0.2) is 0 Å². The maximum absolute atomic E-state index is 12.5. The number of likely N-dealkylation sites (tertiary alicyclic amines) is 1. The number of nitrogens with zero attached hydrogens (tertiary/aromatic N) is 2. The predicted octanol–water partition coefficient (Wildman–Crippen LogP) is 1.72. The van der Waals surface area contributed by atoms with Gasteiger partial charge in [0.05, 0.1) is 0 Å². The summed E-state index contributed by atoms with van der Waals surface area (Å²) in [6.45, 7) is 5.50. The molecule has 0 saturated carbocycles. The van der Waals surface area contributed by atoms with Crippen molar-refractivity contribution in [2.45, 2.75) is 37.8 Å². The number of hydrogen-bond donors (Lipinski definition) is 1. The van der Waals surface area contributed by atoms with E-state index in [1.807, 2.05) is 0 Å². The third kappa shape index (κ3) is 2.70. The number of piperidine rings is 1. The molecule has 1 N–H and O–H groups in total. The van der Waals surface area contributed by atoms with Gasteiger partial charge in [-0.15, -0.1) is 0 Å². The van der Waals surface area contributed by atoms with E-state index in [2.05, 4.69) is 33.3 Å². The van der Waals surface area contributed by atoms with Crippen molar-refractivity contribution in [3.63, 3.8) is 0 Å². The van der Waals surface area contributed by atoms with Crippen LogP contribution in [0.2, 0.25) is 0 Å². The average Bonchev–Trinajstić information content (AvgIpc) is 2.77. The van der Waals surface area contributed by atoms with Gasteiger partial charge in [0.2, 0.25) is 5.91 Å². The number of benzene rings is 1. The molecule has 130 valence electrons. The highest BCUT2D eigenvalue weighted by Gasteiger charge is 2.43. The van der Waals surface area contributed by atoms with Crippen molar-refractivity contribution in [1.29, 1.82) is 0 Å². The lowest BCUT2D eigenvalue weighted by Crippen LogP contribution is -2.49. The van der Waals surface area contributed by atoms with Crippen molar-refractivity contribution in [2.75, 3.05) is 44.8 Å². The van der Waals surface area contributed by atoms with E-state index in [-0.39, 0.29) is 5.91 Å². The monoisotopic (exact) mass is 329 g/mol. The van der Waals surface area contributed by atoms with Crippen LogP contribution in [-0.2, 0) is 16.1 Å². The fourth-order valence-corrected chi connectivity index (χ4v) is 4.64. The maximum Gasteiger partial charge on any atom is 0.222 e. The number of para-hydroxylation sites is 1. The van der Waals surface area contributed by atoms with Gasteiger partial charge in [-0.1, -0.05) is 18.2 Å². The van der Waals surface area contributed by atoms with Crippen LogP contribution in [0.5, 0.6) is 0 Å². The third-order valence-electron chi connectivity index (χ3n) is 5.75. The molecule has 0 radical (unpaired) electrons. The molecule has 1 aromatic rings. The van der Waals surface area contributed by atoms with Crippen LogP contribution < -0.4 is 10.2 Å². The van der Waals surface area contributed by atoms with E-state index in [1.165, 1.54) is 16.8 Å². The standard InChI is InChI=1S/C19H27N3O2/c1-24-11-3-6-18(23)21-9-7-17-16(13-21)15-5-2-4-14-12-20-8-10-22(17)19(14)15/h2,4-5,16-17,20H,3,6-13H2,1H3/t16-,17-/m1/s1. The summed E-state index contributed by atoms with van der Waals surface area (Å²) in [6.07, 6.45) is 2.50. The lowest BCUT2D eigenvalue weighted by atomic mass is 9.88. The van der Waals surface area contributed by atoms with Crippen molar-refractivity contribution in [1.82, 2.24) is 10.2 Å². The smallest absolute Gasteiger partial charge is 0.222 e. The fourth-order valence-electron chi connectivity index (χ4n) is 4.64. The summed E-state index contributed by atoms with van der Waals surface area (Å²) in [5, 5.41) is 3.53. The van der Waals surface area contributed by atoms with Crippen LogP contribution in [0.15, 0.2) is 18.2 Å². The molecule has 0 aromatic heterocycles. The lowest BCUT2D eigenvalue weighted by molar-refractivity contribution is -0.132. The summed E-state index contributed by atoms with van der Waals surface area (Å²) in [6, 6.07) is 7.26. The van der Waals surface area contributed by atoms with Crippen LogP contribution in [0.3, 0.4) is 0 Å². The molecule has 3 aliphatic heterocycles. The van der Waals surface area contributed by atoms with Crippen LogP contribution in [0.25, 0.3) is 0 Å². The van der Waals surface area contributed by atoms with Gasteiger partial charge in [0, 0.05) is 70.5 Å². The number of fused-ring (bicyclic) bond motifs is 3. The van der Waals surface area contributed by atoms with Gasteiger partial charge in [-0.05, 0) is 24.0 Å².